The van der Waals surface area contributed by atoms with Crippen molar-refractivity contribution in [3.05, 3.63) is 24.0 Å². The van der Waals surface area contributed by atoms with Crippen LogP contribution in [0.15, 0.2) is 23.1 Å². The Morgan fingerprint density at radius 2 is 2.33 bits per heavy atom. The lowest BCUT2D eigenvalue weighted by molar-refractivity contribution is 0.0794. The second-order valence-corrected chi connectivity index (χ2v) is 4.16. The van der Waals surface area contributed by atoms with Crippen LogP contribution in [0.4, 0.5) is 10.1 Å². The summed E-state index contributed by atoms with van der Waals surface area (Å²) in [5, 5.41) is 9.39. The van der Waals surface area contributed by atoms with E-state index in [-0.39, 0.29) is 12.4 Å². The molecule has 0 aliphatic rings. The minimum Gasteiger partial charge on any atom is -0.398 e. The highest BCUT2D eigenvalue weighted by Gasteiger charge is 2.07. The molecule has 1 aromatic rings. The van der Waals surface area contributed by atoms with Gasteiger partial charge < -0.3 is 15.6 Å². The molecule has 1 unspecified atom stereocenters. The van der Waals surface area contributed by atoms with Crippen LogP contribution in [0.25, 0.3) is 0 Å². The molecule has 3 nitrogen and oxygen atoms in total. The fourth-order valence-corrected chi connectivity index (χ4v) is 1.96. The quantitative estimate of drug-likeness (QED) is 0.595. The first-order valence-corrected chi connectivity index (χ1v) is 5.47. The maximum Gasteiger partial charge on any atom is 0.124 e. The summed E-state index contributed by atoms with van der Waals surface area (Å²) in [6, 6.07) is 4.19. The van der Waals surface area contributed by atoms with Crippen LogP contribution in [-0.2, 0) is 4.74 Å². The van der Waals surface area contributed by atoms with Crippen molar-refractivity contribution in [2.45, 2.75) is 11.0 Å². The van der Waals surface area contributed by atoms with Crippen LogP contribution in [0.5, 0.6) is 0 Å². The zero-order valence-corrected chi connectivity index (χ0v) is 9.26. The monoisotopic (exact) mass is 231 g/mol. The lowest BCUT2D eigenvalue weighted by Crippen LogP contribution is -2.16. The van der Waals surface area contributed by atoms with Crippen LogP contribution in [-0.4, -0.2) is 30.7 Å². The van der Waals surface area contributed by atoms with Gasteiger partial charge in [-0.1, -0.05) is 0 Å². The van der Waals surface area contributed by atoms with E-state index in [9.17, 15) is 9.50 Å². The molecule has 0 amide bonds. The van der Waals surface area contributed by atoms with E-state index in [4.69, 9.17) is 10.5 Å². The molecule has 0 aliphatic carbocycles. The number of hydrogen-bond acceptors (Lipinski definition) is 4. The van der Waals surface area contributed by atoms with E-state index < -0.39 is 6.10 Å². The summed E-state index contributed by atoms with van der Waals surface area (Å²) in [5.74, 6) is 0.106. The molecule has 0 heterocycles. The van der Waals surface area contributed by atoms with Gasteiger partial charge in [-0.05, 0) is 18.2 Å². The maximum absolute atomic E-state index is 12.9. The van der Waals surface area contributed by atoms with Gasteiger partial charge in [0.15, 0.2) is 0 Å². The Hall–Kier alpha value is -0.780. The highest BCUT2D eigenvalue weighted by Crippen LogP contribution is 2.26. The summed E-state index contributed by atoms with van der Waals surface area (Å²) >= 11 is 1.31. The van der Waals surface area contributed by atoms with Crippen LogP contribution in [0.3, 0.4) is 0 Å². The first-order chi connectivity index (χ1) is 7.13. The average Bonchev–Trinajstić information content (AvgIpc) is 2.20. The molecule has 3 N–H and O–H groups in total. The zero-order chi connectivity index (χ0) is 11.3. The van der Waals surface area contributed by atoms with Crippen LogP contribution in [0.1, 0.15) is 0 Å². The molecule has 0 spiro atoms. The molecule has 0 aromatic heterocycles. The van der Waals surface area contributed by atoms with Crippen molar-refractivity contribution in [3.8, 4) is 0 Å². The molecule has 0 radical (unpaired) electrons. The summed E-state index contributed by atoms with van der Waals surface area (Å²) in [6.45, 7) is 0.266. The van der Waals surface area contributed by atoms with Gasteiger partial charge in [-0.3, -0.25) is 0 Å². The molecule has 0 bridgehead atoms. The molecule has 1 aromatic carbocycles. The Bertz CT molecular complexity index is 322. The second-order valence-electron chi connectivity index (χ2n) is 3.10. The van der Waals surface area contributed by atoms with Crippen molar-refractivity contribution in [2.75, 3.05) is 25.2 Å². The van der Waals surface area contributed by atoms with Gasteiger partial charge in [-0.2, -0.15) is 0 Å². The molecule has 0 saturated carbocycles. The van der Waals surface area contributed by atoms with Crippen molar-refractivity contribution < 1.29 is 14.2 Å². The number of nitrogens with two attached hydrogens (primary N) is 1. The number of ether oxygens (including phenoxy) is 1. The van der Waals surface area contributed by atoms with Crippen molar-refractivity contribution in [2.24, 2.45) is 0 Å². The number of methoxy groups -OCH3 is 1. The van der Waals surface area contributed by atoms with Gasteiger partial charge in [0, 0.05) is 23.4 Å². The second kappa shape index (κ2) is 5.95. The normalized spacial score (nSPS) is 12.7. The molecule has 0 saturated heterocycles. The van der Waals surface area contributed by atoms with Crippen molar-refractivity contribution >= 4 is 17.4 Å². The Morgan fingerprint density at radius 1 is 1.60 bits per heavy atom. The number of nitrogen functional groups attached to an aromatic ring is 1. The minimum atomic E-state index is -0.567. The molecular formula is C10H14FNO2S. The standard InChI is InChI=1S/C10H14FNO2S/c1-14-5-8(13)6-15-10-4-7(11)2-3-9(10)12/h2-4,8,13H,5-6,12H2,1H3. The summed E-state index contributed by atoms with van der Waals surface area (Å²) < 4.78 is 17.6. The number of aliphatic hydroxyl groups is 1. The number of halogens is 1. The summed E-state index contributed by atoms with van der Waals surface area (Å²) in [5.41, 5.74) is 6.17. The summed E-state index contributed by atoms with van der Waals surface area (Å²) in [7, 11) is 1.52. The molecule has 1 atom stereocenters. The smallest absolute Gasteiger partial charge is 0.124 e. The predicted molar refractivity (Wildman–Crippen MR) is 59.4 cm³/mol. The summed E-state index contributed by atoms with van der Waals surface area (Å²) in [6.07, 6.45) is -0.567. The number of thioether (sulfide) groups is 1. The maximum atomic E-state index is 12.9. The third-order valence-corrected chi connectivity index (χ3v) is 2.98. The fraction of sp³-hybridized carbons (Fsp3) is 0.400. The van der Waals surface area contributed by atoms with E-state index in [1.165, 1.54) is 37.1 Å². The van der Waals surface area contributed by atoms with Crippen molar-refractivity contribution in [3.63, 3.8) is 0 Å². The Labute approximate surface area is 92.4 Å². The van der Waals surface area contributed by atoms with Crippen molar-refractivity contribution in [1.29, 1.82) is 0 Å². The lowest BCUT2D eigenvalue weighted by atomic mass is 10.3. The van der Waals surface area contributed by atoms with Crippen molar-refractivity contribution in [1.82, 2.24) is 0 Å². The SMILES string of the molecule is COCC(O)CSc1cc(F)ccc1N. The van der Waals surface area contributed by atoms with Crippen LogP contribution in [0.2, 0.25) is 0 Å². The number of hydrogen-bond donors (Lipinski definition) is 2. The van der Waals surface area contributed by atoms with Gasteiger partial charge in [0.25, 0.3) is 0 Å². The van der Waals surface area contributed by atoms with Gasteiger partial charge in [0.05, 0.1) is 12.7 Å². The molecular weight excluding hydrogens is 217 g/mol. The predicted octanol–water partition coefficient (Wildman–Crippen LogP) is 1.51. The Morgan fingerprint density at radius 3 is 3.00 bits per heavy atom. The fourth-order valence-electron chi connectivity index (χ4n) is 1.06. The lowest BCUT2D eigenvalue weighted by Gasteiger charge is -2.10. The van der Waals surface area contributed by atoms with Gasteiger partial charge in [0.1, 0.15) is 5.82 Å². The molecule has 5 heteroatoms. The van der Waals surface area contributed by atoms with Gasteiger partial charge >= 0.3 is 0 Å². The van der Waals surface area contributed by atoms with E-state index >= 15 is 0 Å². The van der Waals surface area contributed by atoms with Gasteiger partial charge in [-0.15, -0.1) is 11.8 Å². The number of anilines is 1. The molecule has 1 rings (SSSR count). The van der Waals surface area contributed by atoms with E-state index in [1.54, 1.807) is 0 Å². The van der Waals surface area contributed by atoms with Crippen LogP contribution >= 0.6 is 11.8 Å². The highest BCUT2D eigenvalue weighted by atomic mass is 32.2. The first-order valence-electron chi connectivity index (χ1n) is 4.48. The third kappa shape index (κ3) is 4.07. The van der Waals surface area contributed by atoms with E-state index in [0.29, 0.717) is 16.3 Å². The average molecular weight is 231 g/mol. The largest absolute Gasteiger partial charge is 0.398 e. The molecule has 0 aliphatic heterocycles. The van der Waals surface area contributed by atoms with Gasteiger partial charge in [0.2, 0.25) is 0 Å². The molecule has 84 valence electrons. The summed E-state index contributed by atoms with van der Waals surface area (Å²) in [4.78, 5) is 0.644. The number of aliphatic hydroxyl groups excluding tert-OH is 1. The topological polar surface area (TPSA) is 55.5 Å². The van der Waals surface area contributed by atoms with E-state index in [2.05, 4.69) is 0 Å². The van der Waals surface area contributed by atoms with Gasteiger partial charge in [-0.25, -0.2) is 4.39 Å². The highest BCUT2D eigenvalue weighted by molar-refractivity contribution is 7.99. The number of rotatable bonds is 5. The number of benzene rings is 1. The van der Waals surface area contributed by atoms with E-state index in [1.807, 2.05) is 0 Å². The molecule has 0 fully saturated rings. The third-order valence-electron chi connectivity index (χ3n) is 1.77. The Balaban J connectivity index is 2.53. The first kappa shape index (κ1) is 12.3. The van der Waals surface area contributed by atoms with Crippen LogP contribution in [0, 0.1) is 5.82 Å². The molecule has 15 heavy (non-hydrogen) atoms. The zero-order valence-electron chi connectivity index (χ0n) is 8.44. The Kier molecular flexibility index (Phi) is 4.87. The van der Waals surface area contributed by atoms with Crippen LogP contribution < -0.4 is 5.73 Å². The minimum absolute atomic E-state index is 0.266. The van der Waals surface area contributed by atoms with E-state index in [0.717, 1.165) is 0 Å².